The molecule has 0 radical (unpaired) electrons. The van der Waals surface area contributed by atoms with E-state index in [1.54, 1.807) is 14.2 Å². The second-order valence-electron chi connectivity index (χ2n) is 6.32. The van der Waals surface area contributed by atoms with Gasteiger partial charge in [0, 0.05) is 19.6 Å². The quantitative estimate of drug-likeness (QED) is 0.799. The Hall–Kier alpha value is -0.970. The van der Waals surface area contributed by atoms with E-state index in [-0.39, 0.29) is 5.41 Å². The SMILES string of the molecule is COc1cc(CNCC(C)(C)CN(C)C)cc(Cl)c1OC. The molecule has 120 valence electrons. The van der Waals surface area contributed by atoms with Crippen LogP contribution >= 0.6 is 11.6 Å². The zero-order chi connectivity index (χ0) is 16.0. The van der Waals surface area contributed by atoms with Crippen LogP contribution in [0.2, 0.25) is 5.02 Å². The van der Waals surface area contributed by atoms with E-state index in [9.17, 15) is 0 Å². The van der Waals surface area contributed by atoms with Crippen LogP contribution in [0.5, 0.6) is 11.5 Å². The fourth-order valence-electron chi connectivity index (χ4n) is 2.53. The molecule has 0 heterocycles. The second-order valence-corrected chi connectivity index (χ2v) is 6.73. The number of nitrogens with one attached hydrogen (secondary N) is 1. The first-order chi connectivity index (χ1) is 9.79. The summed E-state index contributed by atoms with van der Waals surface area (Å²) in [6, 6.07) is 3.87. The highest BCUT2D eigenvalue weighted by molar-refractivity contribution is 6.32. The minimum Gasteiger partial charge on any atom is -0.493 e. The number of halogens is 1. The molecule has 4 nitrogen and oxygen atoms in total. The number of benzene rings is 1. The maximum atomic E-state index is 6.21. The lowest BCUT2D eigenvalue weighted by atomic mass is 9.93. The van der Waals surface area contributed by atoms with Gasteiger partial charge in [-0.15, -0.1) is 0 Å². The molecule has 0 aliphatic carbocycles. The van der Waals surface area contributed by atoms with E-state index in [1.165, 1.54) is 0 Å². The van der Waals surface area contributed by atoms with Crippen LogP contribution in [0.4, 0.5) is 0 Å². The predicted octanol–water partition coefficient (Wildman–Crippen LogP) is 3.03. The van der Waals surface area contributed by atoms with Crippen molar-refractivity contribution >= 4 is 11.6 Å². The Morgan fingerprint density at radius 2 is 1.86 bits per heavy atom. The van der Waals surface area contributed by atoms with Gasteiger partial charge in [-0.1, -0.05) is 25.4 Å². The van der Waals surface area contributed by atoms with E-state index in [4.69, 9.17) is 21.1 Å². The van der Waals surface area contributed by atoms with Gasteiger partial charge in [-0.05, 0) is 37.2 Å². The Morgan fingerprint density at radius 1 is 1.19 bits per heavy atom. The minimum absolute atomic E-state index is 0.212. The first kappa shape index (κ1) is 18.1. The molecule has 5 heteroatoms. The molecule has 0 atom stereocenters. The first-order valence-corrected chi connectivity index (χ1v) is 7.42. The Balaban J connectivity index is 2.66. The number of ether oxygens (including phenoxy) is 2. The summed E-state index contributed by atoms with van der Waals surface area (Å²) in [6.07, 6.45) is 0. The number of nitrogens with zero attached hydrogens (tertiary/aromatic N) is 1. The topological polar surface area (TPSA) is 33.7 Å². The molecule has 0 saturated heterocycles. The molecule has 0 aliphatic heterocycles. The summed E-state index contributed by atoms with van der Waals surface area (Å²) >= 11 is 6.21. The van der Waals surface area contributed by atoms with Crippen molar-refractivity contribution in [1.82, 2.24) is 10.2 Å². The third kappa shape index (κ3) is 5.73. The normalized spacial score (nSPS) is 11.8. The van der Waals surface area contributed by atoms with Crippen LogP contribution in [0.25, 0.3) is 0 Å². The van der Waals surface area contributed by atoms with Crippen molar-refractivity contribution < 1.29 is 9.47 Å². The van der Waals surface area contributed by atoms with Gasteiger partial charge in [0.05, 0.1) is 19.2 Å². The van der Waals surface area contributed by atoms with Gasteiger partial charge >= 0.3 is 0 Å². The van der Waals surface area contributed by atoms with Gasteiger partial charge in [-0.2, -0.15) is 0 Å². The molecule has 0 fully saturated rings. The Bertz CT molecular complexity index is 462. The maximum Gasteiger partial charge on any atom is 0.179 e. The molecule has 0 saturated carbocycles. The molecule has 0 aliphatic rings. The zero-order valence-corrected chi connectivity index (χ0v) is 14.7. The molecular formula is C16H27ClN2O2. The van der Waals surface area contributed by atoms with Crippen molar-refractivity contribution in [1.29, 1.82) is 0 Å². The Morgan fingerprint density at radius 3 is 2.38 bits per heavy atom. The molecule has 21 heavy (non-hydrogen) atoms. The molecular weight excluding hydrogens is 288 g/mol. The number of hydrogen-bond acceptors (Lipinski definition) is 4. The number of methoxy groups -OCH3 is 2. The van der Waals surface area contributed by atoms with Crippen molar-refractivity contribution in [2.45, 2.75) is 20.4 Å². The van der Waals surface area contributed by atoms with Crippen molar-refractivity contribution in [2.75, 3.05) is 41.4 Å². The Labute approximate surface area is 133 Å². The third-order valence-corrected chi connectivity index (χ3v) is 3.45. The molecule has 0 unspecified atom stereocenters. The minimum atomic E-state index is 0.212. The van der Waals surface area contributed by atoms with E-state index >= 15 is 0 Å². The van der Waals surface area contributed by atoms with E-state index in [0.717, 1.165) is 25.2 Å². The van der Waals surface area contributed by atoms with Crippen LogP contribution in [0.3, 0.4) is 0 Å². The summed E-state index contributed by atoms with van der Waals surface area (Å²) in [5, 5.41) is 4.05. The standard InChI is InChI=1S/C16H27ClN2O2/c1-16(2,11-19(3)4)10-18-9-12-7-13(17)15(21-6)14(8-12)20-5/h7-8,18H,9-11H2,1-6H3. The van der Waals surface area contributed by atoms with Crippen LogP contribution in [0, 0.1) is 5.41 Å². The molecule has 1 rings (SSSR count). The highest BCUT2D eigenvalue weighted by Gasteiger charge is 2.18. The lowest BCUT2D eigenvalue weighted by molar-refractivity contribution is 0.232. The Kier molecular flexibility index (Phi) is 6.78. The summed E-state index contributed by atoms with van der Waals surface area (Å²) in [4.78, 5) is 2.20. The fourth-order valence-corrected chi connectivity index (χ4v) is 2.84. The average Bonchev–Trinajstić information content (AvgIpc) is 2.36. The van der Waals surface area contributed by atoms with E-state index in [0.29, 0.717) is 16.5 Å². The molecule has 1 aromatic carbocycles. The monoisotopic (exact) mass is 314 g/mol. The first-order valence-electron chi connectivity index (χ1n) is 7.05. The van der Waals surface area contributed by atoms with Gasteiger partial charge in [-0.25, -0.2) is 0 Å². The molecule has 0 bridgehead atoms. The average molecular weight is 315 g/mol. The van der Waals surface area contributed by atoms with Gasteiger partial charge in [0.2, 0.25) is 0 Å². The van der Waals surface area contributed by atoms with Crippen LogP contribution in [0.15, 0.2) is 12.1 Å². The van der Waals surface area contributed by atoms with Gasteiger partial charge in [-0.3, -0.25) is 0 Å². The maximum absolute atomic E-state index is 6.21. The van der Waals surface area contributed by atoms with E-state index in [2.05, 4.69) is 38.2 Å². The highest BCUT2D eigenvalue weighted by atomic mass is 35.5. The van der Waals surface area contributed by atoms with Crippen LogP contribution in [-0.2, 0) is 6.54 Å². The van der Waals surface area contributed by atoms with Gasteiger partial charge in [0.15, 0.2) is 11.5 Å². The summed E-state index contributed by atoms with van der Waals surface area (Å²) in [5.41, 5.74) is 1.29. The van der Waals surface area contributed by atoms with Gasteiger partial charge in [0.1, 0.15) is 0 Å². The van der Waals surface area contributed by atoms with Gasteiger partial charge < -0.3 is 19.7 Å². The van der Waals surface area contributed by atoms with Crippen LogP contribution in [-0.4, -0.2) is 46.3 Å². The smallest absolute Gasteiger partial charge is 0.179 e. The van der Waals surface area contributed by atoms with Crippen molar-refractivity contribution in [2.24, 2.45) is 5.41 Å². The van der Waals surface area contributed by atoms with Crippen LogP contribution in [0.1, 0.15) is 19.4 Å². The third-order valence-electron chi connectivity index (χ3n) is 3.17. The number of rotatable bonds is 8. The fraction of sp³-hybridized carbons (Fsp3) is 0.625. The molecule has 0 amide bonds. The van der Waals surface area contributed by atoms with E-state index in [1.807, 2.05) is 12.1 Å². The largest absolute Gasteiger partial charge is 0.493 e. The highest BCUT2D eigenvalue weighted by Crippen LogP contribution is 2.35. The lowest BCUT2D eigenvalue weighted by Gasteiger charge is -2.28. The molecule has 1 N–H and O–H groups in total. The summed E-state index contributed by atoms with van der Waals surface area (Å²) in [7, 11) is 7.39. The van der Waals surface area contributed by atoms with E-state index < -0.39 is 0 Å². The lowest BCUT2D eigenvalue weighted by Crippen LogP contribution is -2.37. The molecule has 0 spiro atoms. The summed E-state index contributed by atoms with van der Waals surface area (Å²) in [5.74, 6) is 1.24. The summed E-state index contributed by atoms with van der Waals surface area (Å²) < 4.78 is 10.6. The van der Waals surface area contributed by atoms with Crippen LogP contribution < -0.4 is 14.8 Å². The number of hydrogen-bond donors (Lipinski definition) is 1. The molecule has 0 aromatic heterocycles. The molecule has 1 aromatic rings. The zero-order valence-electron chi connectivity index (χ0n) is 13.9. The van der Waals surface area contributed by atoms with Gasteiger partial charge in [0.25, 0.3) is 0 Å². The van der Waals surface area contributed by atoms with Crippen molar-refractivity contribution in [3.05, 3.63) is 22.7 Å². The predicted molar refractivity (Wildman–Crippen MR) is 88.6 cm³/mol. The van der Waals surface area contributed by atoms with Crippen molar-refractivity contribution in [3.8, 4) is 11.5 Å². The van der Waals surface area contributed by atoms with Crippen molar-refractivity contribution in [3.63, 3.8) is 0 Å². The summed E-state index contributed by atoms with van der Waals surface area (Å²) in [6.45, 7) is 7.21. The second kappa shape index (κ2) is 7.87.